The first-order chi connectivity index (χ1) is 10.4. The molecule has 0 spiro atoms. The van der Waals surface area contributed by atoms with Crippen molar-refractivity contribution in [3.8, 4) is 0 Å². The normalized spacial score (nSPS) is 11.3. The molecule has 0 bridgehead atoms. The Morgan fingerprint density at radius 3 is 2.45 bits per heavy atom. The first kappa shape index (κ1) is 16.0. The summed E-state index contributed by atoms with van der Waals surface area (Å²) in [5.74, 6) is -0.913. The maximum atomic E-state index is 13.4. The average Bonchev–Trinajstić information content (AvgIpc) is 2.46. The third kappa shape index (κ3) is 4.31. The summed E-state index contributed by atoms with van der Waals surface area (Å²) in [7, 11) is 0. The fourth-order valence-corrected chi connectivity index (χ4v) is 1.94. The lowest BCUT2D eigenvalue weighted by molar-refractivity contribution is -0.137. The molecule has 0 aromatic heterocycles. The van der Waals surface area contributed by atoms with Crippen LogP contribution in [0.25, 0.3) is 0 Å². The molecule has 0 heterocycles. The van der Waals surface area contributed by atoms with Gasteiger partial charge in [-0.1, -0.05) is 36.4 Å². The molecule has 1 amide bonds. The van der Waals surface area contributed by atoms with Crippen LogP contribution < -0.4 is 5.32 Å². The zero-order chi connectivity index (χ0) is 16.2. The van der Waals surface area contributed by atoms with Crippen molar-refractivity contribution in [1.29, 1.82) is 0 Å². The second-order valence-electron chi connectivity index (χ2n) is 4.74. The molecule has 0 saturated heterocycles. The summed E-state index contributed by atoms with van der Waals surface area (Å²) in [6.45, 7) is -0.00946. The Bertz CT molecular complexity index is 667. The summed E-state index contributed by atoms with van der Waals surface area (Å²) in [5.41, 5.74) is -0.229. The number of hydrogen-bond donors (Lipinski definition) is 1. The molecule has 22 heavy (non-hydrogen) atoms. The number of alkyl halides is 3. The van der Waals surface area contributed by atoms with Gasteiger partial charge in [0.25, 0.3) is 0 Å². The van der Waals surface area contributed by atoms with Gasteiger partial charge >= 0.3 is 6.18 Å². The highest BCUT2D eigenvalue weighted by Gasteiger charge is 2.30. The van der Waals surface area contributed by atoms with Gasteiger partial charge in [-0.25, -0.2) is 4.39 Å². The lowest BCUT2D eigenvalue weighted by atomic mass is 10.1. The molecule has 6 heteroatoms. The van der Waals surface area contributed by atoms with Crippen molar-refractivity contribution in [3.05, 3.63) is 71.0 Å². The van der Waals surface area contributed by atoms with E-state index in [2.05, 4.69) is 5.32 Å². The second-order valence-corrected chi connectivity index (χ2v) is 4.74. The van der Waals surface area contributed by atoms with E-state index >= 15 is 0 Å². The third-order valence-corrected chi connectivity index (χ3v) is 3.05. The van der Waals surface area contributed by atoms with Crippen molar-refractivity contribution in [2.45, 2.75) is 19.1 Å². The molecule has 2 aromatic rings. The first-order valence-corrected chi connectivity index (χ1v) is 6.52. The number of hydrogen-bond acceptors (Lipinski definition) is 1. The highest BCUT2D eigenvalue weighted by Crippen LogP contribution is 2.29. The SMILES string of the molecule is O=C(Cc1cccc(C(F)(F)F)c1)NCc1ccccc1F. The van der Waals surface area contributed by atoms with E-state index in [0.29, 0.717) is 5.56 Å². The van der Waals surface area contributed by atoms with Crippen LogP contribution in [0.2, 0.25) is 0 Å². The molecule has 0 unspecified atom stereocenters. The minimum absolute atomic E-state index is 0.00946. The number of rotatable bonds is 4. The Morgan fingerprint density at radius 2 is 1.77 bits per heavy atom. The van der Waals surface area contributed by atoms with Gasteiger partial charge < -0.3 is 5.32 Å². The van der Waals surface area contributed by atoms with Crippen molar-refractivity contribution in [3.63, 3.8) is 0 Å². The fraction of sp³-hybridized carbons (Fsp3) is 0.188. The number of nitrogens with one attached hydrogen (secondary N) is 1. The number of carbonyl (C=O) groups excluding carboxylic acids is 1. The highest BCUT2D eigenvalue weighted by molar-refractivity contribution is 5.78. The molecule has 0 aliphatic rings. The van der Waals surface area contributed by atoms with E-state index < -0.39 is 23.5 Å². The van der Waals surface area contributed by atoms with E-state index in [0.717, 1.165) is 12.1 Å². The van der Waals surface area contributed by atoms with Gasteiger partial charge in [0, 0.05) is 12.1 Å². The monoisotopic (exact) mass is 311 g/mol. The van der Waals surface area contributed by atoms with Crippen LogP contribution in [0.4, 0.5) is 17.6 Å². The van der Waals surface area contributed by atoms with Crippen LogP contribution in [-0.4, -0.2) is 5.91 Å². The van der Waals surface area contributed by atoms with Gasteiger partial charge in [0.15, 0.2) is 0 Å². The van der Waals surface area contributed by atoms with Crippen LogP contribution >= 0.6 is 0 Å². The molecular formula is C16H13F4NO. The smallest absolute Gasteiger partial charge is 0.352 e. The fourth-order valence-electron chi connectivity index (χ4n) is 1.94. The lowest BCUT2D eigenvalue weighted by Crippen LogP contribution is -2.25. The molecule has 0 radical (unpaired) electrons. The number of carbonyl (C=O) groups is 1. The van der Waals surface area contributed by atoms with Crippen molar-refractivity contribution in [2.75, 3.05) is 0 Å². The van der Waals surface area contributed by atoms with E-state index in [1.165, 1.54) is 30.3 Å². The predicted molar refractivity (Wildman–Crippen MR) is 73.4 cm³/mol. The molecule has 0 aliphatic carbocycles. The van der Waals surface area contributed by atoms with Crippen LogP contribution in [0.1, 0.15) is 16.7 Å². The molecule has 0 fully saturated rings. The molecular weight excluding hydrogens is 298 g/mol. The Hall–Kier alpha value is -2.37. The van der Waals surface area contributed by atoms with E-state index in [-0.39, 0.29) is 18.5 Å². The van der Waals surface area contributed by atoms with Crippen molar-refractivity contribution in [2.24, 2.45) is 0 Å². The van der Waals surface area contributed by atoms with Gasteiger partial charge in [-0.15, -0.1) is 0 Å². The van der Waals surface area contributed by atoms with Crippen LogP contribution in [-0.2, 0) is 23.9 Å². The summed E-state index contributed by atoms with van der Waals surface area (Å²) < 4.78 is 51.1. The second kappa shape index (κ2) is 6.60. The van der Waals surface area contributed by atoms with Crippen LogP contribution in [0, 0.1) is 5.82 Å². The van der Waals surface area contributed by atoms with E-state index in [4.69, 9.17) is 0 Å². The van der Waals surface area contributed by atoms with Crippen LogP contribution in [0.3, 0.4) is 0 Å². The van der Waals surface area contributed by atoms with Crippen molar-refractivity contribution >= 4 is 5.91 Å². The molecule has 116 valence electrons. The third-order valence-electron chi connectivity index (χ3n) is 3.05. The maximum Gasteiger partial charge on any atom is 0.416 e. The first-order valence-electron chi connectivity index (χ1n) is 6.52. The molecule has 0 atom stereocenters. The molecule has 2 aromatic carbocycles. The van der Waals surface area contributed by atoms with Gasteiger partial charge in [0.05, 0.1) is 12.0 Å². The summed E-state index contributed by atoms with van der Waals surface area (Å²) in [4.78, 5) is 11.7. The summed E-state index contributed by atoms with van der Waals surface area (Å²) in [6, 6.07) is 10.5. The summed E-state index contributed by atoms with van der Waals surface area (Å²) >= 11 is 0. The summed E-state index contributed by atoms with van der Waals surface area (Å²) in [6.07, 6.45) is -4.64. The van der Waals surface area contributed by atoms with Gasteiger partial charge in [0.1, 0.15) is 5.82 Å². The topological polar surface area (TPSA) is 29.1 Å². The van der Waals surface area contributed by atoms with E-state index in [9.17, 15) is 22.4 Å². The van der Waals surface area contributed by atoms with Crippen molar-refractivity contribution in [1.82, 2.24) is 5.32 Å². The Labute approximate surface area is 124 Å². The zero-order valence-corrected chi connectivity index (χ0v) is 11.5. The molecule has 0 saturated carbocycles. The molecule has 2 nitrogen and oxygen atoms in total. The van der Waals surface area contributed by atoms with Crippen LogP contribution in [0.5, 0.6) is 0 Å². The standard InChI is InChI=1S/C16H13F4NO/c17-14-7-2-1-5-12(14)10-21-15(22)9-11-4-3-6-13(8-11)16(18,19)20/h1-8H,9-10H2,(H,21,22). The largest absolute Gasteiger partial charge is 0.416 e. The van der Waals surface area contributed by atoms with Gasteiger partial charge in [0.2, 0.25) is 5.91 Å². The Morgan fingerprint density at radius 1 is 1.05 bits per heavy atom. The molecule has 1 N–H and O–H groups in total. The van der Waals surface area contributed by atoms with Crippen LogP contribution in [0.15, 0.2) is 48.5 Å². The average molecular weight is 311 g/mol. The minimum Gasteiger partial charge on any atom is -0.352 e. The van der Waals surface area contributed by atoms with Gasteiger partial charge in [-0.3, -0.25) is 4.79 Å². The quantitative estimate of drug-likeness (QED) is 0.857. The summed E-state index contributed by atoms with van der Waals surface area (Å²) in [5, 5.41) is 2.49. The molecule has 2 rings (SSSR count). The Balaban J connectivity index is 1.97. The number of benzene rings is 2. The van der Waals surface area contributed by atoms with Gasteiger partial charge in [-0.2, -0.15) is 13.2 Å². The molecule has 0 aliphatic heterocycles. The number of halogens is 4. The van der Waals surface area contributed by atoms with E-state index in [1.807, 2.05) is 0 Å². The van der Waals surface area contributed by atoms with Crippen molar-refractivity contribution < 1.29 is 22.4 Å². The lowest BCUT2D eigenvalue weighted by Gasteiger charge is -2.09. The van der Waals surface area contributed by atoms with Gasteiger partial charge in [-0.05, 0) is 17.7 Å². The number of amides is 1. The zero-order valence-electron chi connectivity index (χ0n) is 11.5. The minimum atomic E-state index is -4.44. The highest BCUT2D eigenvalue weighted by atomic mass is 19.4. The Kier molecular flexibility index (Phi) is 4.80. The van der Waals surface area contributed by atoms with E-state index in [1.54, 1.807) is 6.07 Å². The maximum absolute atomic E-state index is 13.4. The predicted octanol–water partition coefficient (Wildman–Crippen LogP) is 3.70.